The molecule has 0 atom stereocenters. The van der Waals surface area contributed by atoms with E-state index in [1.807, 2.05) is 36.4 Å². The van der Waals surface area contributed by atoms with Crippen molar-refractivity contribution in [3.05, 3.63) is 59.0 Å². The van der Waals surface area contributed by atoms with Gasteiger partial charge in [-0.2, -0.15) is 0 Å². The number of ether oxygens (including phenoxy) is 2. The van der Waals surface area contributed by atoms with Crippen LogP contribution in [-0.4, -0.2) is 18.2 Å². The van der Waals surface area contributed by atoms with E-state index in [0.29, 0.717) is 12.2 Å². The summed E-state index contributed by atoms with van der Waals surface area (Å²) in [7, 11) is 1.61. The standard InChI is InChI=1S/C17H14O4S/c1-20-11-4-2-5-12(8-11)21-10-13-9-15-14(17(18)19)6-3-7-16(15)22-13/h2-9H,10H2,1H3,(H,18,19). The molecule has 1 N–H and O–H groups in total. The van der Waals surface area contributed by atoms with Gasteiger partial charge in [-0.15, -0.1) is 11.3 Å². The number of aromatic carboxylic acids is 1. The molecular weight excluding hydrogens is 300 g/mol. The first-order valence-corrected chi connectivity index (χ1v) is 7.50. The fourth-order valence-corrected chi connectivity index (χ4v) is 3.22. The molecular formula is C17H14O4S. The van der Waals surface area contributed by atoms with Gasteiger partial charge in [-0.3, -0.25) is 0 Å². The average molecular weight is 314 g/mol. The van der Waals surface area contributed by atoms with Gasteiger partial charge in [0, 0.05) is 21.0 Å². The molecule has 0 unspecified atom stereocenters. The maximum Gasteiger partial charge on any atom is 0.336 e. The molecule has 0 bridgehead atoms. The van der Waals surface area contributed by atoms with Gasteiger partial charge in [-0.1, -0.05) is 12.1 Å². The minimum atomic E-state index is -0.913. The van der Waals surface area contributed by atoms with E-state index < -0.39 is 5.97 Å². The average Bonchev–Trinajstić information content (AvgIpc) is 2.95. The van der Waals surface area contributed by atoms with Gasteiger partial charge in [-0.25, -0.2) is 4.79 Å². The Kier molecular flexibility index (Phi) is 3.98. The van der Waals surface area contributed by atoms with Crippen LogP contribution >= 0.6 is 11.3 Å². The summed E-state index contributed by atoms with van der Waals surface area (Å²) < 4.78 is 11.9. The number of thiophene rings is 1. The number of fused-ring (bicyclic) bond motifs is 1. The van der Waals surface area contributed by atoms with Crippen LogP contribution in [0.3, 0.4) is 0 Å². The van der Waals surface area contributed by atoms with Crippen molar-refractivity contribution in [2.24, 2.45) is 0 Å². The second-order valence-corrected chi connectivity index (χ2v) is 5.87. The summed E-state index contributed by atoms with van der Waals surface area (Å²) >= 11 is 1.54. The van der Waals surface area contributed by atoms with E-state index in [1.165, 1.54) is 11.3 Å². The highest BCUT2D eigenvalue weighted by Crippen LogP contribution is 2.29. The van der Waals surface area contributed by atoms with Gasteiger partial charge in [0.1, 0.15) is 18.1 Å². The van der Waals surface area contributed by atoms with Gasteiger partial charge < -0.3 is 14.6 Å². The molecule has 0 aliphatic rings. The van der Waals surface area contributed by atoms with Crippen LogP contribution in [-0.2, 0) is 6.61 Å². The lowest BCUT2D eigenvalue weighted by Crippen LogP contribution is -1.96. The topological polar surface area (TPSA) is 55.8 Å². The number of hydrogen-bond acceptors (Lipinski definition) is 4. The smallest absolute Gasteiger partial charge is 0.336 e. The summed E-state index contributed by atoms with van der Waals surface area (Å²) in [6.07, 6.45) is 0. The van der Waals surface area contributed by atoms with E-state index in [9.17, 15) is 9.90 Å². The molecule has 1 heterocycles. The zero-order valence-electron chi connectivity index (χ0n) is 11.9. The molecule has 3 rings (SSSR count). The predicted molar refractivity (Wildman–Crippen MR) is 86.1 cm³/mol. The van der Waals surface area contributed by atoms with E-state index in [0.717, 1.165) is 26.5 Å². The van der Waals surface area contributed by atoms with Gasteiger partial charge in [0.2, 0.25) is 0 Å². The third kappa shape index (κ3) is 2.89. The number of carboxylic acids is 1. The third-order valence-corrected chi connectivity index (χ3v) is 4.34. The second kappa shape index (κ2) is 6.07. The van der Waals surface area contributed by atoms with E-state index >= 15 is 0 Å². The zero-order chi connectivity index (χ0) is 15.5. The number of hydrogen-bond donors (Lipinski definition) is 1. The Balaban J connectivity index is 1.82. The quantitative estimate of drug-likeness (QED) is 0.767. The van der Waals surface area contributed by atoms with Crippen molar-refractivity contribution in [1.29, 1.82) is 0 Å². The molecule has 0 fully saturated rings. The van der Waals surface area contributed by atoms with E-state index in [1.54, 1.807) is 19.2 Å². The van der Waals surface area contributed by atoms with Crippen molar-refractivity contribution < 1.29 is 19.4 Å². The molecule has 2 aromatic carbocycles. The zero-order valence-corrected chi connectivity index (χ0v) is 12.7. The van der Waals surface area contributed by atoms with Crippen molar-refractivity contribution in [3.8, 4) is 11.5 Å². The molecule has 5 heteroatoms. The largest absolute Gasteiger partial charge is 0.497 e. The lowest BCUT2D eigenvalue weighted by Gasteiger charge is -2.06. The molecule has 22 heavy (non-hydrogen) atoms. The van der Waals surface area contributed by atoms with Crippen LogP contribution in [0.25, 0.3) is 10.1 Å². The van der Waals surface area contributed by atoms with Crippen LogP contribution in [0.1, 0.15) is 15.2 Å². The Morgan fingerprint density at radius 1 is 1.14 bits per heavy atom. The summed E-state index contributed by atoms with van der Waals surface area (Å²) in [4.78, 5) is 12.2. The SMILES string of the molecule is COc1cccc(OCc2cc3c(C(=O)O)cccc3s2)c1. The lowest BCUT2D eigenvalue weighted by molar-refractivity contribution is 0.0699. The fraction of sp³-hybridized carbons (Fsp3) is 0.118. The summed E-state index contributed by atoms with van der Waals surface area (Å²) in [6, 6.07) is 14.6. The molecule has 0 saturated heterocycles. The first-order chi connectivity index (χ1) is 10.7. The molecule has 3 aromatic rings. The molecule has 0 aliphatic heterocycles. The molecule has 1 aromatic heterocycles. The van der Waals surface area contributed by atoms with Crippen LogP contribution in [0.2, 0.25) is 0 Å². The number of rotatable bonds is 5. The Morgan fingerprint density at radius 2 is 1.91 bits per heavy atom. The van der Waals surface area contributed by atoms with E-state index in [4.69, 9.17) is 9.47 Å². The molecule has 4 nitrogen and oxygen atoms in total. The predicted octanol–water partition coefficient (Wildman–Crippen LogP) is 4.19. The van der Waals surface area contributed by atoms with E-state index in [-0.39, 0.29) is 0 Å². The highest BCUT2D eigenvalue weighted by molar-refractivity contribution is 7.19. The normalized spacial score (nSPS) is 10.6. The highest BCUT2D eigenvalue weighted by atomic mass is 32.1. The Hall–Kier alpha value is -2.53. The first-order valence-electron chi connectivity index (χ1n) is 6.69. The minimum Gasteiger partial charge on any atom is -0.497 e. The minimum absolute atomic E-state index is 0.321. The maximum atomic E-state index is 11.2. The van der Waals surface area contributed by atoms with Crippen molar-refractivity contribution >= 4 is 27.4 Å². The summed E-state index contributed by atoms with van der Waals surface area (Å²) in [5.74, 6) is 0.543. The van der Waals surface area contributed by atoms with Crippen molar-refractivity contribution in [2.75, 3.05) is 7.11 Å². The number of carboxylic acid groups (broad SMARTS) is 1. The molecule has 112 valence electrons. The van der Waals surface area contributed by atoms with Crippen LogP contribution < -0.4 is 9.47 Å². The van der Waals surface area contributed by atoms with E-state index in [2.05, 4.69) is 0 Å². The monoisotopic (exact) mass is 314 g/mol. The van der Waals surface area contributed by atoms with Crippen LogP contribution in [0.5, 0.6) is 11.5 Å². The van der Waals surface area contributed by atoms with Gasteiger partial charge in [0.25, 0.3) is 0 Å². The molecule has 0 saturated carbocycles. The Labute approximate surface area is 131 Å². The number of benzene rings is 2. The van der Waals surface area contributed by atoms with Gasteiger partial charge in [0.05, 0.1) is 12.7 Å². The lowest BCUT2D eigenvalue weighted by atomic mass is 10.1. The van der Waals surface area contributed by atoms with Crippen LogP contribution in [0.15, 0.2) is 48.5 Å². The molecule has 0 amide bonds. The molecule has 0 aliphatic carbocycles. The summed E-state index contributed by atoms with van der Waals surface area (Å²) in [5.41, 5.74) is 0.321. The van der Waals surface area contributed by atoms with Crippen molar-refractivity contribution in [1.82, 2.24) is 0 Å². The molecule has 0 spiro atoms. The maximum absolute atomic E-state index is 11.2. The van der Waals surface area contributed by atoms with Crippen molar-refractivity contribution in [3.63, 3.8) is 0 Å². The molecule has 0 radical (unpaired) electrons. The summed E-state index contributed by atoms with van der Waals surface area (Å²) in [6.45, 7) is 0.394. The van der Waals surface area contributed by atoms with Crippen molar-refractivity contribution in [2.45, 2.75) is 6.61 Å². The van der Waals surface area contributed by atoms with Crippen LogP contribution in [0.4, 0.5) is 0 Å². The summed E-state index contributed by atoms with van der Waals surface area (Å²) in [5, 5.41) is 9.97. The van der Waals surface area contributed by atoms with Gasteiger partial charge in [0.15, 0.2) is 0 Å². The van der Waals surface area contributed by atoms with Gasteiger partial charge >= 0.3 is 5.97 Å². The Bertz CT molecular complexity index is 822. The third-order valence-electron chi connectivity index (χ3n) is 3.27. The number of methoxy groups -OCH3 is 1. The second-order valence-electron chi connectivity index (χ2n) is 4.70. The Morgan fingerprint density at radius 3 is 2.68 bits per heavy atom. The van der Waals surface area contributed by atoms with Crippen LogP contribution in [0, 0.1) is 0 Å². The van der Waals surface area contributed by atoms with Gasteiger partial charge in [-0.05, 0) is 30.3 Å². The fourth-order valence-electron chi connectivity index (χ4n) is 2.22. The first kappa shape index (κ1) is 14.4. The highest BCUT2D eigenvalue weighted by Gasteiger charge is 2.11. The number of carbonyl (C=O) groups is 1.